The minimum absolute atomic E-state index is 0.151. The summed E-state index contributed by atoms with van der Waals surface area (Å²) >= 11 is 0. The van der Waals surface area contributed by atoms with Gasteiger partial charge in [0, 0.05) is 30.4 Å². The van der Waals surface area contributed by atoms with Crippen molar-refractivity contribution in [3.8, 4) is 28.2 Å². The van der Waals surface area contributed by atoms with E-state index in [1.807, 2.05) is 0 Å². The number of hydrogen-bond acceptors (Lipinski definition) is 6. The van der Waals surface area contributed by atoms with Crippen molar-refractivity contribution in [3.05, 3.63) is 82.8 Å². The molecule has 0 unspecified atom stereocenters. The Morgan fingerprint density at radius 3 is 2.61 bits per heavy atom. The maximum atomic E-state index is 14.1. The van der Waals surface area contributed by atoms with Crippen molar-refractivity contribution in [2.75, 3.05) is 6.61 Å². The van der Waals surface area contributed by atoms with Crippen molar-refractivity contribution in [2.45, 2.75) is 13.0 Å². The van der Waals surface area contributed by atoms with Gasteiger partial charge in [0.05, 0.1) is 30.4 Å². The van der Waals surface area contributed by atoms with Crippen LogP contribution in [0.25, 0.3) is 28.2 Å². The fraction of sp³-hybridized carbons (Fsp3) is 0.174. The summed E-state index contributed by atoms with van der Waals surface area (Å²) in [7, 11) is 1.69. The zero-order valence-electron chi connectivity index (χ0n) is 17.9. The number of aromatic nitrogens is 5. The standard InChI is InChI=1S/C23H21FN6O3/c1-14(13-31)27-22(32)18-9-21(28-30(23(18)33)16-11-26-29(2)12-16)15-7-8-20(25-10-15)17-5-3-4-6-19(17)24/h3-12,14,31H,13H2,1-2H3,(H,27,32)/t14-/m0/s1. The highest BCUT2D eigenvalue weighted by Crippen LogP contribution is 2.23. The molecule has 10 heteroatoms. The lowest BCUT2D eigenvalue weighted by molar-refractivity contribution is 0.0920. The van der Waals surface area contributed by atoms with Gasteiger partial charge in [-0.25, -0.2) is 4.39 Å². The number of aliphatic hydroxyl groups excluding tert-OH is 1. The predicted octanol–water partition coefficient (Wildman–Crippen LogP) is 1.94. The number of hydrogen-bond donors (Lipinski definition) is 2. The maximum absolute atomic E-state index is 14.1. The average Bonchev–Trinajstić information content (AvgIpc) is 3.25. The summed E-state index contributed by atoms with van der Waals surface area (Å²) in [5.74, 6) is -1.03. The van der Waals surface area contributed by atoms with E-state index in [2.05, 4.69) is 20.5 Å². The van der Waals surface area contributed by atoms with Crippen LogP contribution in [0.2, 0.25) is 0 Å². The number of aliphatic hydroxyl groups is 1. The Bertz CT molecular complexity index is 1360. The van der Waals surface area contributed by atoms with Crippen molar-refractivity contribution in [2.24, 2.45) is 7.05 Å². The first-order valence-corrected chi connectivity index (χ1v) is 10.1. The second-order valence-electron chi connectivity index (χ2n) is 7.50. The number of aryl methyl sites for hydroxylation is 1. The average molecular weight is 448 g/mol. The van der Waals surface area contributed by atoms with Crippen LogP contribution < -0.4 is 10.9 Å². The number of amides is 1. The molecular weight excluding hydrogens is 427 g/mol. The molecule has 3 heterocycles. The van der Waals surface area contributed by atoms with Crippen LogP contribution in [0.4, 0.5) is 4.39 Å². The van der Waals surface area contributed by atoms with Crippen LogP contribution >= 0.6 is 0 Å². The third kappa shape index (κ3) is 4.55. The van der Waals surface area contributed by atoms with E-state index in [-0.39, 0.29) is 12.2 Å². The third-order valence-corrected chi connectivity index (χ3v) is 4.95. The molecule has 9 nitrogen and oxygen atoms in total. The van der Waals surface area contributed by atoms with Crippen LogP contribution in [-0.2, 0) is 7.05 Å². The number of halogens is 1. The molecular formula is C23H21FN6O3. The molecule has 0 aliphatic rings. The van der Waals surface area contributed by atoms with Gasteiger partial charge in [0.1, 0.15) is 17.1 Å². The number of nitrogens with one attached hydrogen (secondary N) is 1. The molecule has 0 radical (unpaired) electrons. The Hall–Kier alpha value is -4.18. The zero-order valence-corrected chi connectivity index (χ0v) is 17.9. The molecule has 4 rings (SSSR count). The molecule has 1 atom stereocenters. The molecule has 0 saturated heterocycles. The maximum Gasteiger partial charge on any atom is 0.284 e. The fourth-order valence-corrected chi connectivity index (χ4v) is 3.21. The Kier molecular flexibility index (Phi) is 6.09. The Balaban J connectivity index is 1.80. The molecule has 0 spiro atoms. The molecule has 168 valence electrons. The van der Waals surface area contributed by atoms with Crippen molar-refractivity contribution in [1.82, 2.24) is 29.9 Å². The third-order valence-electron chi connectivity index (χ3n) is 4.95. The monoisotopic (exact) mass is 448 g/mol. The number of carbonyl (C=O) groups excluding carboxylic acids is 1. The van der Waals surface area contributed by atoms with Gasteiger partial charge in [-0.05, 0) is 37.3 Å². The lowest BCUT2D eigenvalue weighted by atomic mass is 10.1. The number of benzene rings is 1. The second kappa shape index (κ2) is 9.13. The molecule has 1 aromatic carbocycles. The van der Waals surface area contributed by atoms with Gasteiger partial charge in [-0.1, -0.05) is 12.1 Å². The molecule has 0 aliphatic heterocycles. The largest absolute Gasteiger partial charge is 0.394 e. The van der Waals surface area contributed by atoms with Gasteiger partial charge in [0.25, 0.3) is 11.5 Å². The predicted molar refractivity (Wildman–Crippen MR) is 119 cm³/mol. The van der Waals surface area contributed by atoms with Crippen LogP contribution in [0.5, 0.6) is 0 Å². The van der Waals surface area contributed by atoms with E-state index in [0.29, 0.717) is 28.2 Å². The van der Waals surface area contributed by atoms with E-state index in [0.717, 1.165) is 4.68 Å². The van der Waals surface area contributed by atoms with Gasteiger partial charge in [0.15, 0.2) is 0 Å². The SMILES string of the molecule is C[C@@H](CO)NC(=O)c1cc(-c2ccc(-c3ccccc3F)nc2)nn(-c2cnn(C)c2)c1=O. The first kappa shape index (κ1) is 22.0. The van der Waals surface area contributed by atoms with Crippen molar-refractivity contribution >= 4 is 5.91 Å². The van der Waals surface area contributed by atoms with Crippen molar-refractivity contribution < 1.29 is 14.3 Å². The minimum atomic E-state index is -0.640. The molecule has 2 N–H and O–H groups in total. The van der Waals surface area contributed by atoms with Crippen LogP contribution in [0.15, 0.2) is 65.8 Å². The molecule has 0 fully saturated rings. The van der Waals surface area contributed by atoms with Crippen LogP contribution in [0.3, 0.4) is 0 Å². The summed E-state index contributed by atoms with van der Waals surface area (Å²) < 4.78 is 16.7. The Labute approximate surface area is 188 Å². The summed E-state index contributed by atoms with van der Waals surface area (Å²) in [6.07, 6.45) is 4.55. The first-order chi connectivity index (χ1) is 15.9. The number of nitrogens with zero attached hydrogens (tertiary/aromatic N) is 5. The van der Waals surface area contributed by atoms with Crippen LogP contribution in [0, 0.1) is 5.82 Å². The summed E-state index contributed by atoms with van der Waals surface area (Å²) in [5.41, 5.74) is 1.23. The van der Waals surface area contributed by atoms with Crippen LogP contribution in [0.1, 0.15) is 17.3 Å². The van der Waals surface area contributed by atoms with E-state index in [1.54, 1.807) is 50.5 Å². The molecule has 0 aliphatic carbocycles. The summed E-state index contributed by atoms with van der Waals surface area (Å²) in [4.78, 5) is 30.1. The number of carbonyl (C=O) groups is 1. The van der Waals surface area contributed by atoms with Crippen LogP contribution in [-0.4, -0.2) is 48.2 Å². The molecule has 3 aromatic heterocycles. The molecule has 33 heavy (non-hydrogen) atoms. The number of rotatable bonds is 6. The highest BCUT2D eigenvalue weighted by molar-refractivity contribution is 5.95. The number of pyridine rings is 1. The highest BCUT2D eigenvalue weighted by atomic mass is 19.1. The van der Waals surface area contributed by atoms with E-state index in [1.165, 1.54) is 29.2 Å². The zero-order chi connectivity index (χ0) is 23.5. The van der Waals surface area contributed by atoms with Gasteiger partial charge in [-0.3, -0.25) is 19.3 Å². The second-order valence-corrected chi connectivity index (χ2v) is 7.50. The van der Waals surface area contributed by atoms with E-state index in [4.69, 9.17) is 0 Å². The lowest BCUT2D eigenvalue weighted by Gasteiger charge is -2.13. The molecule has 0 saturated carbocycles. The van der Waals surface area contributed by atoms with E-state index >= 15 is 0 Å². The van der Waals surface area contributed by atoms with Gasteiger partial charge in [0.2, 0.25) is 0 Å². The minimum Gasteiger partial charge on any atom is -0.394 e. The topological polar surface area (TPSA) is 115 Å². The van der Waals surface area contributed by atoms with Gasteiger partial charge in [-0.15, -0.1) is 0 Å². The fourth-order valence-electron chi connectivity index (χ4n) is 3.21. The van der Waals surface area contributed by atoms with Crippen molar-refractivity contribution in [1.29, 1.82) is 0 Å². The van der Waals surface area contributed by atoms with Crippen molar-refractivity contribution in [3.63, 3.8) is 0 Å². The molecule has 1 amide bonds. The summed E-state index contributed by atoms with van der Waals surface area (Å²) in [5, 5.41) is 20.3. The van der Waals surface area contributed by atoms with Gasteiger partial charge < -0.3 is 10.4 Å². The Morgan fingerprint density at radius 2 is 1.97 bits per heavy atom. The quantitative estimate of drug-likeness (QED) is 0.466. The summed E-state index contributed by atoms with van der Waals surface area (Å²) in [6, 6.07) is 10.5. The Morgan fingerprint density at radius 1 is 1.18 bits per heavy atom. The first-order valence-electron chi connectivity index (χ1n) is 10.1. The normalized spacial score (nSPS) is 11.9. The molecule has 4 aromatic rings. The van der Waals surface area contributed by atoms with E-state index < -0.39 is 23.3 Å². The smallest absolute Gasteiger partial charge is 0.284 e. The van der Waals surface area contributed by atoms with Gasteiger partial charge >= 0.3 is 0 Å². The van der Waals surface area contributed by atoms with Gasteiger partial charge in [-0.2, -0.15) is 14.9 Å². The molecule has 0 bridgehead atoms. The van der Waals surface area contributed by atoms with E-state index in [9.17, 15) is 19.1 Å². The highest BCUT2D eigenvalue weighted by Gasteiger charge is 2.19. The summed E-state index contributed by atoms with van der Waals surface area (Å²) in [6.45, 7) is 1.34. The lowest BCUT2D eigenvalue weighted by Crippen LogP contribution is -2.39.